The number of hydrogen-bond acceptors (Lipinski definition) is 2. The van der Waals surface area contributed by atoms with Gasteiger partial charge in [-0.15, -0.1) is 0 Å². The highest BCUT2D eigenvalue weighted by atomic mass is 16.2. The zero-order valence-electron chi connectivity index (χ0n) is 14.0. The van der Waals surface area contributed by atoms with Gasteiger partial charge in [0, 0.05) is 19.6 Å². The maximum Gasteiger partial charge on any atom is 0.231 e. The van der Waals surface area contributed by atoms with Gasteiger partial charge in [-0.05, 0) is 37.1 Å². The Kier molecular flexibility index (Phi) is 4.11. The normalized spacial score (nSPS) is 20.2. The lowest BCUT2D eigenvalue weighted by atomic mass is 9.71. The van der Waals surface area contributed by atoms with E-state index < -0.39 is 0 Å². The van der Waals surface area contributed by atoms with Crippen LogP contribution in [0.15, 0.2) is 60.7 Å². The molecule has 0 aliphatic carbocycles. The van der Waals surface area contributed by atoms with Gasteiger partial charge in [0.15, 0.2) is 0 Å². The van der Waals surface area contributed by atoms with Crippen molar-refractivity contribution in [1.29, 1.82) is 0 Å². The molecule has 2 heterocycles. The Balaban J connectivity index is 1.31. The molecule has 3 heteroatoms. The minimum Gasteiger partial charge on any atom is -0.337 e. The van der Waals surface area contributed by atoms with E-state index in [0.29, 0.717) is 5.91 Å². The van der Waals surface area contributed by atoms with Crippen molar-refractivity contribution in [3.8, 4) is 0 Å². The van der Waals surface area contributed by atoms with E-state index in [2.05, 4.69) is 47.4 Å². The number of likely N-dealkylation sites (tertiary alicyclic amines) is 2. The molecule has 4 rings (SSSR count). The fourth-order valence-corrected chi connectivity index (χ4v) is 4.03. The van der Waals surface area contributed by atoms with E-state index in [1.807, 2.05) is 23.1 Å². The smallest absolute Gasteiger partial charge is 0.231 e. The van der Waals surface area contributed by atoms with E-state index in [4.69, 9.17) is 0 Å². The lowest BCUT2D eigenvalue weighted by molar-refractivity contribution is -0.166. The zero-order valence-corrected chi connectivity index (χ0v) is 14.0. The molecular formula is C21H24N2O. The fourth-order valence-electron chi connectivity index (χ4n) is 4.03. The van der Waals surface area contributed by atoms with Gasteiger partial charge < -0.3 is 4.90 Å². The molecule has 0 saturated carbocycles. The van der Waals surface area contributed by atoms with Crippen LogP contribution in [0.5, 0.6) is 0 Å². The molecule has 2 saturated heterocycles. The van der Waals surface area contributed by atoms with Crippen LogP contribution in [-0.2, 0) is 17.9 Å². The van der Waals surface area contributed by atoms with Crippen LogP contribution < -0.4 is 0 Å². The molecule has 2 fully saturated rings. The van der Waals surface area contributed by atoms with Crippen molar-refractivity contribution in [3.05, 3.63) is 71.8 Å². The third-order valence-corrected chi connectivity index (χ3v) is 5.51. The third-order valence-electron chi connectivity index (χ3n) is 5.51. The number of piperidine rings is 1. The van der Waals surface area contributed by atoms with Crippen LogP contribution in [0.1, 0.15) is 24.0 Å². The van der Waals surface area contributed by atoms with Gasteiger partial charge in [-0.2, -0.15) is 0 Å². The summed E-state index contributed by atoms with van der Waals surface area (Å²) in [7, 11) is 0. The standard InChI is InChI=1S/C21H24N2O/c24-20-21(17-23(20)16-19-9-5-2-6-10-19)11-13-22(14-12-21)15-18-7-3-1-4-8-18/h1-10H,11-17H2. The second-order valence-corrected chi connectivity index (χ2v) is 7.19. The molecule has 2 aromatic carbocycles. The zero-order chi connectivity index (χ0) is 16.4. The predicted molar refractivity (Wildman–Crippen MR) is 95.2 cm³/mol. The summed E-state index contributed by atoms with van der Waals surface area (Å²) in [4.78, 5) is 17.2. The van der Waals surface area contributed by atoms with E-state index in [-0.39, 0.29) is 5.41 Å². The fraction of sp³-hybridized carbons (Fsp3) is 0.381. The summed E-state index contributed by atoms with van der Waals surface area (Å²) in [6.45, 7) is 4.74. The number of carbonyl (C=O) groups excluding carboxylic acids is 1. The summed E-state index contributed by atoms with van der Waals surface area (Å²) < 4.78 is 0. The first-order chi connectivity index (χ1) is 11.8. The first-order valence-electron chi connectivity index (χ1n) is 8.85. The van der Waals surface area contributed by atoms with Gasteiger partial charge in [-0.3, -0.25) is 9.69 Å². The van der Waals surface area contributed by atoms with E-state index in [9.17, 15) is 4.79 Å². The van der Waals surface area contributed by atoms with E-state index in [1.54, 1.807) is 0 Å². The summed E-state index contributed by atoms with van der Waals surface area (Å²) in [5.41, 5.74) is 2.52. The highest BCUT2D eigenvalue weighted by Gasteiger charge is 2.52. The number of benzene rings is 2. The number of rotatable bonds is 4. The molecule has 24 heavy (non-hydrogen) atoms. The van der Waals surface area contributed by atoms with Gasteiger partial charge in [0.05, 0.1) is 5.41 Å². The summed E-state index contributed by atoms with van der Waals surface area (Å²) in [6.07, 6.45) is 2.01. The second kappa shape index (κ2) is 6.40. The molecule has 0 N–H and O–H groups in total. The van der Waals surface area contributed by atoms with Crippen LogP contribution >= 0.6 is 0 Å². The van der Waals surface area contributed by atoms with Crippen LogP contribution in [0.3, 0.4) is 0 Å². The van der Waals surface area contributed by atoms with Gasteiger partial charge in [0.1, 0.15) is 0 Å². The summed E-state index contributed by atoms with van der Waals surface area (Å²) >= 11 is 0. The van der Waals surface area contributed by atoms with Crippen LogP contribution in [0.2, 0.25) is 0 Å². The molecule has 3 nitrogen and oxygen atoms in total. The Morgan fingerprint density at radius 3 is 1.88 bits per heavy atom. The van der Waals surface area contributed by atoms with Crippen LogP contribution in [0, 0.1) is 5.41 Å². The predicted octanol–water partition coefficient (Wildman–Crippen LogP) is 3.31. The van der Waals surface area contributed by atoms with Crippen LogP contribution in [-0.4, -0.2) is 35.3 Å². The molecular weight excluding hydrogens is 296 g/mol. The molecule has 2 aromatic rings. The minimum absolute atomic E-state index is 0.0675. The number of β-lactam (4-membered cyclic amide) rings is 1. The number of carbonyl (C=O) groups is 1. The first kappa shape index (κ1) is 15.4. The maximum atomic E-state index is 12.7. The third kappa shape index (κ3) is 2.96. The molecule has 1 spiro atoms. The van der Waals surface area contributed by atoms with Gasteiger partial charge in [-0.25, -0.2) is 0 Å². The number of hydrogen-bond donors (Lipinski definition) is 0. The van der Waals surface area contributed by atoms with Crippen molar-refractivity contribution in [1.82, 2.24) is 9.80 Å². The van der Waals surface area contributed by atoms with Gasteiger partial charge in [-0.1, -0.05) is 60.7 Å². The molecule has 1 amide bonds. The van der Waals surface area contributed by atoms with Crippen LogP contribution in [0.25, 0.3) is 0 Å². The molecule has 2 aliphatic heterocycles. The monoisotopic (exact) mass is 320 g/mol. The van der Waals surface area contributed by atoms with E-state index in [0.717, 1.165) is 45.6 Å². The van der Waals surface area contributed by atoms with Crippen molar-refractivity contribution in [2.75, 3.05) is 19.6 Å². The van der Waals surface area contributed by atoms with Crippen molar-refractivity contribution < 1.29 is 4.79 Å². The summed E-state index contributed by atoms with van der Waals surface area (Å²) in [6, 6.07) is 20.9. The quantitative estimate of drug-likeness (QED) is 0.807. The number of amides is 1. The molecule has 2 aliphatic rings. The van der Waals surface area contributed by atoms with Gasteiger partial charge in [0.2, 0.25) is 5.91 Å². The van der Waals surface area contributed by atoms with Crippen LogP contribution in [0.4, 0.5) is 0 Å². The Hall–Kier alpha value is -2.13. The summed E-state index contributed by atoms with van der Waals surface area (Å²) in [5, 5.41) is 0. The van der Waals surface area contributed by atoms with Crippen molar-refractivity contribution in [2.24, 2.45) is 5.41 Å². The Morgan fingerprint density at radius 2 is 1.33 bits per heavy atom. The maximum absolute atomic E-state index is 12.7. The molecule has 0 bridgehead atoms. The van der Waals surface area contributed by atoms with E-state index >= 15 is 0 Å². The Morgan fingerprint density at radius 1 is 0.792 bits per heavy atom. The Bertz CT molecular complexity index is 690. The summed E-state index contributed by atoms with van der Waals surface area (Å²) in [5.74, 6) is 0.366. The number of nitrogens with zero attached hydrogens (tertiary/aromatic N) is 2. The minimum atomic E-state index is -0.0675. The van der Waals surface area contributed by atoms with E-state index in [1.165, 1.54) is 11.1 Å². The second-order valence-electron chi connectivity index (χ2n) is 7.19. The molecule has 124 valence electrons. The van der Waals surface area contributed by atoms with Crippen molar-refractivity contribution >= 4 is 5.91 Å². The molecule has 0 aromatic heterocycles. The first-order valence-corrected chi connectivity index (χ1v) is 8.85. The molecule has 0 unspecified atom stereocenters. The lowest BCUT2D eigenvalue weighted by Gasteiger charge is -2.52. The Labute approximate surface area is 143 Å². The lowest BCUT2D eigenvalue weighted by Crippen LogP contribution is -2.64. The van der Waals surface area contributed by atoms with Crippen molar-refractivity contribution in [2.45, 2.75) is 25.9 Å². The molecule has 0 radical (unpaired) electrons. The largest absolute Gasteiger partial charge is 0.337 e. The SMILES string of the molecule is O=C1N(Cc2ccccc2)CC12CCN(Cc1ccccc1)CC2. The van der Waals surface area contributed by atoms with Crippen molar-refractivity contribution in [3.63, 3.8) is 0 Å². The molecule has 0 atom stereocenters. The highest BCUT2D eigenvalue weighted by molar-refractivity contribution is 5.88. The highest BCUT2D eigenvalue weighted by Crippen LogP contribution is 2.42. The van der Waals surface area contributed by atoms with Gasteiger partial charge in [0.25, 0.3) is 0 Å². The average Bonchev–Trinajstić information content (AvgIpc) is 2.64. The van der Waals surface area contributed by atoms with Gasteiger partial charge >= 0.3 is 0 Å². The average molecular weight is 320 g/mol. The topological polar surface area (TPSA) is 23.6 Å².